The van der Waals surface area contributed by atoms with Gasteiger partial charge in [-0.1, -0.05) is 6.92 Å². The average Bonchev–Trinajstić information content (AvgIpc) is 3.21. The van der Waals surface area contributed by atoms with Gasteiger partial charge >= 0.3 is 11.9 Å². The fourth-order valence-corrected chi connectivity index (χ4v) is 4.78. The van der Waals surface area contributed by atoms with E-state index in [1.165, 1.54) is 0 Å². The third kappa shape index (κ3) is 3.80. The Labute approximate surface area is 199 Å². The SMILES string of the molecule is CCc1c2c(nc3ccc(O)cc13)-c1cc3c(c(=O)n1C2)COC(=O)C3OC(=O)CCCNC=O. The van der Waals surface area contributed by atoms with Crippen LogP contribution in [-0.4, -0.2) is 39.6 Å². The van der Waals surface area contributed by atoms with E-state index >= 15 is 0 Å². The molecule has 10 heteroatoms. The molecule has 0 spiro atoms. The summed E-state index contributed by atoms with van der Waals surface area (Å²) in [6.45, 7) is 2.40. The number of carbonyl (C=O) groups excluding carboxylic acids is 3. The number of phenolic OH excluding ortho intramolecular Hbond substituents is 1. The van der Waals surface area contributed by atoms with Gasteiger partial charge in [0, 0.05) is 29.5 Å². The minimum absolute atomic E-state index is 0.00698. The van der Waals surface area contributed by atoms with E-state index in [9.17, 15) is 24.3 Å². The smallest absolute Gasteiger partial charge is 0.352 e. The summed E-state index contributed by atoms with van der Waals surface area (Å²) in [5.41, 5.74) is 3.96. The second kappa shape index (κ2) is 8.86. The second-order valence-corrected chi connectivity index (χ2v) is 8.48. The lowest BCUT2D eigenvalue weighted by atomic mass is 9.97. The van der Waals surface area contributed by atoms with Crippen molar-refractivity contribution in [2.45, 2.75) is 45.4 Å². The van der Waals surface area contributed by atoms with Crippen LogP contribution < -0.4 is 10.9 Å². The van der Waals surface area contributed by atoms with Crippen LogP contribution in [0.2, 0.25) is 0 Å². The van der Waals surface area contributed by atoms with E-state index in [1.54, 1.807) is 28.8 Å². The number of rotatable bonds is 7. The normalized spacial score (nSPS) is 15.7. The molecule has 5 rings (SSSR count). The van der Waals surface area contributed by atoms with Gasteiger partial charge in [-0.15, -0.1) is 0 Å². The van der Waals surface area contributed by atoms with Crippen LogP contribution in [0.25, 0.3) is 22.3 Å². The molecule has 0 aliphatic carbocycles. The molecule has 2 aromatic heterocycles. The molecule has 0 radical (unpaired) electrons. The number of benzene rings is 1. The first kappa shape index (κ1) is 22.6. The van der Waals surface area contributed by atoms with Crippen molar-refractivity contribution in [2.75, 3.05) is 6.54 Å². The molecule has 10 nitrogen and oxygen atoms in total. The van der Waals surface area contributed by atoms with Gasteiger partial charge in [0.2, 0.25) is 12.5 Å². The van der Waals surface area contributed by atoms with Crippen LogP contribution in [0, 0.1) is 0 Å². The van der Waals surface area contributed by atoms with Crippen molar-refractivity contribution in [3.8, 4) is 17.1 Å². The van der Waals surface area contributed by atoms with E-state index in [2.05, 4.69) is 5.32 Å². The molecule has 1 aromatic carbocycles. The van der Waals surface area contributed by atoms with Crippen LogP contribution in [-0.2, 0) is 43.4 Å². The van der Waals surface area contributed by atoms with Crippen molar-refractivity contribution in [2.24, 2.45) is 0 Å². The van der Waals surface area contributed by atoms with Crippen molar-refractivity contribution < 1.29 is 29.0 Å². The number of phenols is 1. The average molecular weight is 477 g/mol. The zero-order valence-electron chi connectivity index (χ0n) is 19.0. The molecule has 0 saturated carbocycles. The maximum atomic E-state index is 13.4. The second-order valence-electron chi connectivity index (χ2n) is 8.48. The number of aryl methyl sites for hydroxylation is 1. The number of amides is 1. The van der Waals surface area contributed by atoms with Crippen molar-refractivity contribution >= 4 is 29.3 Å². The predicted molar refractivity (Wildman–Crippen MR) is 124 cm³/mol. The van der Waals surface area contributed by atoms with E-state index in [0.717, 1.165) is 16.5 Å². The van der Waals surface area contributed by atoms with E-state index < -0.39 is 18.0 Å². The lowest BCUT2D eigenvalue weighted by molar-refractivity contribution is -0.171. The van der Waals surface area contributed by atoms with Crippen LogP contribution in [0.1, 0.15) is 48.1 Å². The summed E-state index contributed by atoms with van der Waals surface area (Å²) in [4.78, 5) is 53.4. The van der Waals surface area contributed by atoms with Crippen molar-refractivity contribution in [3.05, 3.63) is 56.9 Å². The maximum absolute atomic E-state index is 13.4. The number of hydrogen-bond donors (Lipinski definition) is 2. The van der Waals surface area contributed by atoms with Gasteiger partial charge in [-0.25, -0.2) is 9.78 Å². The molecule has 2 N–H and O–H groups in total. The topological polar surface area (TPSA) is 137 Å². The summed E-state index contributed by atoms with van der Waals surface area (Å²) in [6.07, 6.45) is 0.200. The molecular weight excluding hydrogens is 454 g/mol. The first-order chi connectivity index (χ1) is 16.9. The summed E-state index contributed by atoms with van der Waals surface area (Å²) < 4.78 is 12.2. The number of esters is 2. The standard InChI is InChI=1S/C25H23N3O7/c1-2-14-15-8-13(30)5-6-19(15)27-22-17(14)10-28-20(22)9-16-18(24(28)32)11-34-25(33)23(16)35-21(31)4-3-7-26-12-29/h5-6,8-9,12,23,30H,2-4,7,10-11H2,1H3,(H,26,29). The van der Waals surface area contributed by atoms with E-state index in [-0.39, 0.29) is 29.9 Å². The minimum atomic E-state index is -1.35. The molecule has 0 bridgehead atoms. The monoisotopic (exact) mass is 477 g/mol. The van der Waals surface area contributed by atoms with Crippen molar-refractivity contribution in [1.82, 2.24) is 14.9 Å². The summed E-state index contributed by atoms with van der Waals surface area (Å²) in [6, 6.07) is 6.65. The molecule has 0 saturated heterocycles. The molecule has 35 heavy (non-hydrogen) atoms. The lowest BCUT2D eigenvalue weighted by Crippen LogP contribution is -2.34. The molecule has 0 fully saturated rings. The highest BCUT2D eigenvalue weighted by Crippen LogP contribution is 2.39. The summed E-state index contributed by atoms with van der Waals surface area (Å²) >= 11 is 0. The van der Waals surface area contributed by atoms with Gasteiger partial charge in [-0.2, -0.15) is 0 Å². The van der Waals surface area contributed by atoms with Crippen LogP contribution in [0.5, 0.6) is 5.75 Å². The highest BCUT2D eigenvalue weighted by atomic mass is 16.6. The third-order valence-corrected chi connectivity index (χ3v) is 6.42. The Morgan fingerprint density at radius 2 is 2.14 bits per heavy atom. The molecular formula is C25H23N3O7. The Hall–Kier alpha value is -4.21. The largest absolute Gasteiger partial charge is 0.508 e. The Bertz CT molecular complexity index is 1440. The van der Waals surface area contributed by atoms with Gasteiger partial charge in [-0.3, -0.25) is 14.4 Å². The zero-order valence-corrected chi connectivity index (χ0v) is 19.0. The number of nitrogens with one attached hydrogen (secondary N) is 1. The van der Waals surface area contributed by atoms with E-state index in [1.807, 2.05) is 6.92 Å². The van der Waals surface area contributed by atoms with Gasteiger partial charge < -0.3 is 24.5 Å². The fraction of sp³-hybridized carbons (Fsp3) is 0.320. The Kier molecular flexibility index (Phi) is 5.72. The third-order valence-electron chi connectivity index (χ3n) is 6.42. The molecule has 4 heterocycles. The number of fused-ring (bicyclic) bond motifs is 5. The molecule has 2 aliphatic heterocycles. The Morgan fingerprint density at radius 3 is 2.91 bits per heavy atom. The van der Waals surface area contributed by atoms with Crippen LogP contribution in [0.3, 0.4) is 0 Å². The van der Waals surface area contributed by atoms with Crippen LogP contribution in [0.4, 0.5) is 0 Å². The molecule has 1 atom stereocenters. The first-order valence-corrected chi connectivity index (χ1v) is 11.4. The minimum Gasteiger partial charge on any atom is -0.508 e. The van der Waals surface area contributed by atoms with Crippen molar-refractivity contribution in [1.29, 1.82) is 0 Å². The first-order valence-electron chi connectivity index (χ1n) is 11.4. The van der Waals surface area contributed by atoms with Gasteiger partial charge in [0.25, 0.3) is 5.56 Å². The van der Waals surface area contributed by atoms with Gasteiger partial charge in [0.1, 0.15) is 12.4 Å². The zero-order chi connectivity index (χ0) is 24.7. The summed E-state index contributed by atoms with van der Waals surface area (Å²) in [5.74, 6) is -1.24. The lowest BCUT2D eigenvalue weighted by Gasteiger charge is -2.25. The number of pyridine rings is 2. The van der Waals surface area contributed by atoms with Gasteiger partial charge in [-0.05, 0) is 42.7 Å². The molecule has 2 aliphatic rings. The Morgan fingerprint density at radius 1 is 1.31 bits per heavy atom. The number of cyclic esters (lactones) is 1. The predicted octanol–water partition coefficient (Wildman–Crippen LogP) is 1.86. The van der Waals surface area contributed by atoms with Gasteiger partial charge in [0.05, 0.1) is 29.0 Å². The maximum Gasteiger partial charge on any atom is 0.352 e. The number of aromatic hydroxyl groups is 1. The quantitative estimate of drug-likeness (QED) is 0.234. The summed E-state index contributed by atoms with van der Waals surface area (Å²) in [7, 11) is 0. The van der Waals surface area contributed by atoms with E-state index in [0.29, 0.717) is 54.8 Å². The number of carbonyl (C=O) groups is 3. The summed E-state index contributed by atoms with van der Waals surface area (Å²) in [5, 5.41) is 13.3. The number of hydrogen-bond acceptors (Lipinski definition) is 8. The Balaban J connectivity index is 1.57. The highest BCUT2D eigenvalue weighted by molar-refractivity contribution is 5.89. The van der Waals surface area contributed by atoms with Crippen LogP contribution in [0.15, 0.2) is 29.1 Å². The number of ether oxygens (including phenoxy) is 2. The highest BCUT2D eigenvalue weighted by Gasteiger charge is 2.37. The van der Waals surface area contributed by atoms with Gasteiger partial charge in [0.15, 0.2) is 0 Å². The van der Waals surface area contributed by atoms with Crippen molar-refractivity contribution in [3.63, 3.8) is 0 Å². The fourth-order valence-electron chi connectivity index (χ4n) is 4.78. The van der Waals surface area contributed by atoms with E-state index in [4.69, 9.17) is 14.5 Å². The number of nitrogens with zero attached hydrogens (tertiary/aromatic N) is 2. The molecule has 1 amide bonds. The van der Waals surface area contributed by atoms with Crippen LogP contribution >= 0.6 is 0 Å². The molecule has 180 valence electrons. The number of aromatic nitrogens is 2. The molecule has 3 aromatic rings. The molecule has 1 unspecified atom stereocenters.